The number of nitro groups is 1. The smallest absolute Gasteiger partial charge is 0.277 e. The highest BCUT2D eigenvalue weighted by Gasteiger charge is 2.14. The maximum atomic E-state index is 10.9. The summed E-state index contributed by atoms with van der Waals surface area (Å²) in [5, 5.41) is 19.9. The van der Waals surface area contributed by atoms with Gasteiger partial charge in [-0.2, -0.15) is 5.26 Å². The van der Waals surface area contributed by atoms with E-state index in [1.807, 2.05) is 6.07 Å². The fraction of sp³-hybridized carbons (Fsp3) is 0.0714. The Labute approximate surface area is 120 Å². The van der Waals surface area contributed by atoms with Crippen molar-refractivity contribution in [3.05, 3.63) is 68.7 Å². The lowest BCUT2D eigenvalue weighted by molar-refractivity contribution is -0.385. The van der Waals surface area contributed by atoms with E-state index in [0.29, 0.717) is 21.9 Å². The molecule has 0 heterocycles. The number of ether oxygens (including phenoxy) is 1. The van der Waals surface area contributed by atoms with Crippen molar-refractivity contribution in [2.75, 3.05) is 0 Å². The minimum absolute atomic E-state index is 0.0549. The molecule has 0 saturated carbocycles. The van der Waals surface area contributed by atoms with Gasteiger partial charge < -0.3 is 4.74 Å². The molecule has 0 aliphatic carbocycles. The third-order valence-corrected chi connectivity index (χ3v) is 2.86. The summed E-state index contributed by atoms with van der Waals surface area (Å²) in [5.74, 6) is 0.535. The lowest BCUT2D eigenvalue weighted by Crippen LogP contribution is -2.00. The first kappa shape index (κ1) is 13.8. The van der Waals surface area contributed by atoms with E-state index in [9.17, 15) is 10.1 Å². The van der Waals surface area contributed by atoms with Crippen LogP contribution in [0.2, 0.25) is 5.02 Å². The van der Waals surface area contributed by atoms with Crippen molar-refractivity contribution in [1.82, 2.24) is 0 Å². The molecule has 2 rings (SSSR count). The molecule has 0 aliphatic rings. The zero-order valence-electron chi connectivity index (χ0n) is 10.2. The van der Waals surface area contributed by atoms with Gasteiger partial charge in [-0.05, 0) is 36.4 Å². The van der Waals surface area contributed by atoms with Gasteiger partial charge in [-0.1, -0.05) is 11.6 Å². The van der Waals surface area contributed by atoms with E-state index in [1.165, 1.54) is 6.07 Å². The Morgan fingerprint density at radius 3 is 2.55 bits per heavy atom. The zero-order valence-corrected chi connectivity index (χ0v) is 11.0. The Hall–Kier alpha value is -2.58. The first-order valence-electron chi connectivity index (χ1n) is 5.66. The Morgan fingerprint density at radius 2 is 1.95 bits per heavy atom. The second-order valence-electron chi connectivity index (χ2n) is 3.95. The largest absolute Gasteiger partial charge is 0.489 e. The third kappa shape index (κ3) is 3.25. The first-order valence-corrected chi connectivity index (χ1v) is 6.04. The van der Waals surface area contributed by atoms with Crippen molar-refractivity contribution >= 4 is 17.3 Å². The van der Waals surface area contributed by atoms with Gasteiger partial charge in [0, 0.05) is 11.1 Å². The molecule has 0 fully saturated rings. The number of benzene rings is 2. The predicted molar refractivity (Wildman–Crippen MR) is 73.6 cm³/mol. The number of halogens is 1. The topological polar surface area (TPSA) is 76.2 Å². The summed E-state index contributed by atoms with van der Waals surface area (Å²) in [6.07, 6.45) is 0. The lowest BCUT2D eigenvalue weighted by atomic mass is 10.2. The van der Waals surface area contributed by atoms with Gasteiger partial charge in [0.1, 0.15) is 12.4 Å². The van der Waals surface area contributed by atoms with E-state index in [4.69, 9.17) is 21.6 Å². The average Bonchev–Trinajstić information content (AvgIpc) is 2.46. The number of hydrogen-bond acceptors (Lipinski definition) is 4. The van der Waals surface area contributed by atoms with Gasteiger partial charge in [-0.25, -0.2) is 0 Å². The normalized spacial score (nSPS) is 9.80. The molecule has 0 spiro atoms. The van der Waals surface area contributed by atoms with Crippen molar-refractivity contribution in [2.24, 2.45) is 0 Å². The monoisotopic (exact) mass is 288 g/mol. The second-order valence-corrected chi connectivity index (χ2v) is 4.39. The van der Waals surface area contributed by atoms with Crippen LogP contribution in [0.3, 0.4) is 0 Å². The van der Waals surface area contributed by atoms with E-state index in [-0.39, 0.29) is 12.3 Å². The maximum absolute atomic E-state index is 10.9. The summed E-state index contributed by atoms with van der Waals surface area (Å²) >= 11 is 5.74. The van der Waals surface area contributed by atoms with Gasteiger partial charge in [-0.3, -0.25) is 10.1 Å². The molecule has 0 N–H and O–H groups in total. The minimum Gasteiger partial charge on any atom is -0.489 e. The van der Waals surface area contributed by atoms with Crippen LogP contribution in [0.5, 0.6) is 5.75 Å². The molecule has 100 valence electrons. The summed E-state index contributed by atoms with van der Waals surface area (Å²) < 4.78 is 5.47. The molecule has 0 unspecified atom stereocenters. The van der Waals surface area contributed by atoms with Crippen molar-refractivity contribution in [3.8, 4) is 11.8 Å². The van der Waals surface area contributed by atoms with E-state index >= 15 is 0 Å². The van der Waals surface area contributed by atoms with Crippen molar-refractivity contribution < 1.29 is 9.66 Å². The quantitative estimate of drug-likeness (QED) is 0.635. The van der Waals surface area contributed by atoms with Crippen LogP contribution in [0.15, 0.2) is 42.5 Å². The van der Waals surface area contributed by atoms with E-state index in [2.05, 4.69) is 0 Å². The first-order chi connectivity index (χ1) is 9.60. The Morgan fingerprint density at radius 1 is 1.25 bits per heavy atom. The summed E-state index contributed by atoms with van der Waals surface area (Å²) in [5.41, 5.74) is 0.879. The molecule has 6 heteroatoms. The zero-order chi connectivity index (χ0) is 14.5. The molecule has 2 aromatic rings. The van der Waals surface area contributed by atoms with Gasteiger partial charge in [0.05, 0.1) is 22.1 Å². The van der Waals surface area contributed by atoms with Gasteiger partial charge >= 0.3 is 0 Å². The van der Waals surface area contributed by atoms with Crippen LogP contribution in [0.25, 0.3) is 0 Å². The summed E-state index contributed by atoms with van der Waals surface area (Å²) in [6, 6.07) is 12.9. The van der Waals surface area contributed by atoms with Crippen LogP contribution in [0.1, 0.15) is 11.1 Å². The molecule has 2 aromatic carbocycles. The maximum Gasteiger partial charge on any atom is 0.277 e. The molecule has 5 nitrogen and oxygen atoms in total. The number of nitriles is 1. The van der Waals surface area contributed by atoms with E-state index < -0.39 is 4.92 Å². The summed E-state index contributed by atoms with van der Waals surface area (Å²) in [6.45, 7) is 0.0549. The molecular formula is C14H9ClN2O3. The number of nitrogens with zero attached hydrogens (tertiary/aromatic N) is 2. The minimum atomic E-state index is -0.497. The molecule has 0 saturated heterocycles. The van der Waals surface area contributed by atoms with Crippen LogP contribution in [-0.4, -0.2) is 4.92 Å². The number of hydrogen-bond donors (Lipinski definition) is 0. The highest BCUT2D eigenvalue weighted by molar-refractivity contribution is 6.30. The van der Waals surface area contributed by atoms with Crippen LogP contribution < -0.4 is 4.74 Å². The van der Waals surface area contributed by atoms with Gasteiger partial charge in [-0.15, -0.1) is 0 Å². The molecule has 0 aromatic heterocycles. The van der Waals surface area contributed by atoms with Crippen LogP contribution in [-0.2, 0) is 6.61 Å². The van der Waals surface area contributed by atoms with Crippen LogP contribution >= 0.6 is 11.6 Å². The van der Waals surface area contributed by atoms with Crippen molar-refractivity contribution in [1.29, 1.82) is 5.26 Å². The average molecular weight is 289 g/mol. The number of rotatable bonds is 4. The summed E-state index contributed by atoms with van der Waals surface area (Å²) in [4.78, 5) is 10.4. The van der Waals surface area contributed by atoms with Gasteiger partial charge in [0.2, 0.25) is 0 Å². The summed E-state index contributed by atoms with van der Waals surface area (Å²) in [7, 11) is 0. The predicted octanol–water partition coefficient (Wildman–Crippen LogP) is 3.70. The Balaban J connectivity index is 2.14. The highest BCUT2D eigenvalue weighted by atomic mass is 35.5. The Bertz CT molecular complexity index is 678. The fourth-order valence-electron chi connectivity index (χ4n) is 1.62. The van der Waals surface area contributed by atoms with Gasteiger partial charge in [0.15, 0.2) is 0 Å². The SMILES string of the molecule is N#Cc1ccc(OCc2ccc(Cl)cc2[N+](=O)[O-])cc1. The molecule has 0 bridgehead atoms. The third-order valence-electron chi connectivity index (χ3n) is 2.62. The van der Waals surface area contributed by atoms with Crippen LogP contribution in [0.4, 0.5) is 5.69 Å². The van der Waals surface area contributed by atoms with Gasteiger partial charge in [0.25, 0.3) is 5.69 Å². The molecular weight excluding hydrogens is 280 g/mol. The molecule has 0 amide bonds. The van der Waals surface area contributed by atoms with Crippen molar-refractivity contribution in [3.63, 3.8) is 0 Å². The molecule has 0 atom stereocenters. The number of nitro benzene ring substituents is 1. The van der Waals surface area contributed by atoms with E-state index in [1.54, 1.807) is 36.4 Å². The molecule has 20 heavy (non-hydrogen) atoms. The highest BCUT2D eigenvalue weighted by Crippen LogP contribution is 2.24. The standard InChI is InChI=1S/C14H9ClN2O3/c15-12-4-3-11(14(7-12)17(18)19)9-20-13-5-1-10(8-16)2-6-13/h1-7H,9H2. The molecule has 0 radical (unpaired) electrons. The molecule has 0 aliphatic heterocycles. The fourth-order valence-corrected chi connectivity index (χ4v) is 1.78. The van der Waals surface area contributed by atoms with E-state index in [0.717, 1.165) is 0 Å². The second kappa shape index (κ2) is 6.04. The Kier molecular flexibility index (Phi) is 4.18. The van der Waals surface area contributed by atoms with Crippen LogP contribution in [0, 0.1) is 21.4 Å². The lowest BCUT2D eigenvalue weighted by Gasteiger charge is -2.07. The van der Waals surface area contributed by atoms with Crippen molar-refractivity contribution in [2.45, 2.75) is 6.61 Å².